The van der Waals surface area contributed by atoms with Gasteiger partial charge in [0.15, 0.2) is 5.82 Å². The van der Waals surface area contributed by atoms with Gasteiger partial charge in [0.25, 0.3) is 10.0 Å². The molecule has 1 saturated heterocycles. The first-order chi connectivity index (χ1) is 14.5. The summed E-state index contributed by atoms with van der Waals surface area (Å²) in [5, 5.41) is 8.80. The molecule has 8 heteroatoms. The van der Waals surface area contributed by atoms with Crippen LogP contribution in [0.4, 0.5) is 11.5 Å². The molecule has 0 radical (unpaired) electrons. The second-order valence-corrected chi connectivity index (χ2v) is 10.2. The number of rotatable bonds is 5. The lowest BCUT2D eigenvalue weighted by Gasteiger charge is -2.20. The predicted molar refractivity (Wildman–Crippen MR) is 128 cm³/mol. The molecule has 2 heterocycles. The van der Waals surface area contributed by atoms with E-state index in [2.05, 4.69) is 42.4 Å². The molecule has 1 aliphatic rings. The number of anilines is 2. The fourth-order valence-corrected chi connectivity index (χ4v) is 4.90. The van der Waals surface area contributed by atoms with Crippen molar-refractivity contribution in [1.29, 1.82) is 0 Å². The summed E-state index contributed by atoms with van der Waals surface area (Å²) in [4.78, 5) is 2.54. The fourth-order valence-electron chi connectivity index (χ4n) is 3.48. The Balaban J connectivity index is 1.46. The van der Waals surface area contributed by atoms with E-state index in [0.29, 0.717) is 5.69 Å². The highest BCUT2D eigenvalue weighted by atomic mass is 127. The van der Waals surface area contributed by atoms with Gasteiger partial charge in [0, 0.05) is 27.9 Å². The zero-order chi connectivity index (χ0) is 21.0. The van der Waals surface area contributed by atoms with E-state index >= 15 is 0 Å². The maximum absolute atomic E-state index is 12.5. The second-order valence-electron chi connectivity index (χ2n) is 7.31. The first kappa shape index (κ1) is 21.0. The van der Waals surface area contributed by atoms with Crippen LogP contribution in [0.1, 0.15) is 25.7 Å². The van der Waals surface area contributed by atoms with Crippen LogP contribution in [0.2, 0.25) is 0 Å². The number of sulfonamides is 1. The number of halogens is 1. The molecule has 1 aliphatic heterocycles. The molecule has 3 aromatic rings. The molecule has 0 amide bonds. The summed E-state index contributed by atoms with van der Waals surface area (Å²) >= 11 is 2.14. The van der Waals surface area contributed by atoms with E-state index in [0.717, 1.165) is 33.7 Å². The lowest BCUT2D eigenvalue weighted by Crippen LogP contribution is -2.25. The maximum atomic E-state index is 12.5. The van der Waals surface area contributed by atoms with Crippen molar-refractivity contribution < 1.29 is 8.42 Å². The SMILES string of the molecule is O=S(=O)(Nc1ccc(-c2ccc(N3CCCCCC3)nn2)cc1)c1ccc(I)cc1. The van der Waals surface area contributed by atoms with Gasteiger partial charge in [0.1, 0.15) is 0 Å². The summed E-state index contributed by atoms with van der Waals surface area (Å²) in [6.07, 6.45) is 4.95. The Morgan fingerprint density at radius 3 is 2.07 bits per heavy atom. The summed E-state index contributed by atoms with van der Waals surface area (Å²) in [7, 11) is -3.62. The fraction of sp³-hybridized carbons (Fsp3) is 0.273. The van der Waals surface area contributed by atoms with Gasteiger partial charge in [0.2, 0.25) is 0 Å². The van der Waals surface area contributed by atoms with E-state index in [9.17, 15) is 8.42 Å². The van der Waals surface area contributed by atoms with Gasteiger partial charge in [-0.3, -0.25) is 4.72 Å². The van der Waals surface area contributed by atoms with E-state index < -0.39 is 10.0 Å². The number of benzene rings is 2. The van der Waals surface area contributed by atoms with Crippen molar-refractivity contribution >= 4 is 44.1 Å². The smallest absolute Gasteiger partial charge is 0.261 e. The standard InChI is InChI=1S/C22H23IN4O2S/c23-18-7-11-20(12-8-18)30(28,29)26-19-9-5-17(6-10-19)21-13-14-22(25-24-21)27-15-3-1-2-4-16-27/h5-14,26H,1-4,15-16H2. The van der Waals surface area contributed by atoms with Crippen molar-refractivity contribution in [3.8, 4) is 11.3 Å². The van der Waals surface area contributed by atoms with E-state index in [1.165, 1.54) is 25.7 Å². The summed E-state index contributed by atoms with van der Waals surface area (Å²) in [6, 6.07) is 17.9. The molecule has 6 nitrogen and oxygen atoms in total. The molecule has 0 aliphatic carbocycles. The Bertz CT molecular complexity index is 1080. The average Bonchev–Trinajstić information content (AvgIpc) is 3.04. The third-order valence-corrected chi connectivity index (χ3v) is 7.25. The van der Waals surface area contributed by atoms with Crippen LogP contribution < -0.4 is 9.62 Å². The van der Waals surface area contributed by atoms with Crippen molar-refractivity contribution in [3.05, 3.63) is 64.2 Å². The highest BCUT2D eigenvalue weighted by molar-refractivity contribution is 14.1. The van der Waals surface area contributed by atoms with Crippen LogP contribution in [0.25, 0.3) is 11.3 Å². The highest BCUT2D eigenvalue weighted by Gasteiger charge is 2.15. The summed E-state index contributed by atoms with van der Waals surface area (Å²) in [6.45, 7) is 2.06. The molecule has 0 saturated carbocycles. The van der Waals surface area contributed by atoms with Crippen molar-refractivity contribution in [2.24, 2.45) is 0 Å². The van der Waals surface area contributed by atoms with E-state index in [1.807, 2.05) is 24.3 Å². The number of hydrogen-bond donors (Lipinski definition) is 1. The van der Waals surface area contributed by atoms with Gasteiger partial charge < -0.3 is 4.90 Å². The molecule has 1 aromatic heterocycles. The van der Waals surface area contributed by atoms with Gasteiger partial charge in [-0.1, -0.05) is 25.0 Å². The maximum Gasteiger partial charge on any atom is 0.261 e. The molecule has 2 aromatic carbocycles. The summed E-state index contributed by atoms with van der Waals surface area (Å²) in [5.41, 5.74) is 2.16. The highest BCUT2D eigenvalue weighted by Crippen LogP contribution is 2.23. The largest absolute Gasteiger partial charge is 0.355 e. The Kier molecular flexibility index (Phi) is 6.52. The summed E-state index contributed by atoms with van der Waals surface area (Å²) < 4.78 is 28.7. The molecule has 30 heavy (non-hydrogen) atoms. The molecular formula is C22H23IN4O2S. The van der Waals surface area contributed by atoms with Crippen LogP contribution in [-0.4, -0.2) is 31.7 Å². The minimum absolute atomic E-state index is 0.238. The number of nitrogens with zero attached hydrogens (tertiary/aromatic N) is 3. The number of nitrogens with one attached hydrogen (secondary N) is 1. The van der Waals surface area contributed by atoms with E-state index in [4.69, 9.17) is 0 Å². The minimum Gasteiger partial charge on any atom is -0.355 e. The Morgan fingerprint density at radius 2 is 1.47 bits per heavy atom. The Hall–Kier alpha value is -2.20. The molecule has 0 bridgehead atoms. The lowest BCUT2D eigenvalue weighted by molar-refractivity contribution is 0.601. The first-order valence-electron chi connectivity index (χ1n) is 9.99. The molecule has 0 unspecified atom stereocenters. The van der Waals surface area contributed by atoms with Crippen molar-refractivity contribution in [2.45, 2.75) is 30.6 Å². The third kappa shape index (κ3) is 5.10. The third-order valence-electron chi connectivity index (χ3n) is 5.14. The van der Waals surface area contributed by atoms with Crippen LogP contribution in [0, 0.1) is 3.57 Å². The molecule has 0 spiro atoms. The van der Waals surface area contributed by atoms with E-state index in [-0.39, 0.29) is 4.90 Å². The Morgan fingerprint density at radius 1 is 0.800 bits per heavy atom. The molecule has 1 fully saturated rings. The van der Waals surface area contributed by atoms with Crippen LogP contribution in [0.15, 0.2) is 65.6 Å². The van der Waals surface area contributed by atoms with Crippen LogP contribution in [0.3, 0.4) is 0 Å². The van der Waals surface area contributed by atoms with Gasteiger partial charge in [-0.2, -0.15) is 0 Å². The lowest BCUT2D eigenvalue weighted by atomic mass is 10.1. The molecule has 4 rings (SSSR count). The topological polar surface area (TPSA) is 75.2 Å². The predicted octanol–water partition coefficient (Wildman–Crippen LogP) is 4.93. The molecule has 156 valence electrons. The van der Waals surface area contributed by atoms with Gasteiger partial charge >= 0.3 is 0 Å². The van der Waals surface area contributed by atoms with Gasteiger partial charge in [-0.15, -0.1) is 10.2 Å². The molecule has 1 N–H and O–H groups in total. The van der Waals surface area contributed by atoms with E-state index in [1.54, 1.807) is 36.4 Å². The quantitative estimate of drug-likeness (QED) is 0.470. The summed E-state index contributed by atoms with van der Waals surface area (Å²) in [5.74, 6) is 0.919. The Labute approximate surface area is 190 Å². The average molecular weight is 534 g/mol. The van der Waals surface area contributed by atoms with Gasteiger partial charge in [-0.05, 0) is 84.0 Å². The normalized spacial score (nSPS) is 14.9. The number of hydrogen-bond acceptors (Lipinski definition) is 5. The second kappa shape index (κ2) is 9.30. The molecular weight excluding hydrogens is 511 g/mol. The van der Waals surface area contributed by atoms with Crippen LogP contribution in [-0.2, 0) is 10.0 Å². The van der Waals surface area contributed by atoms with Crippen molar-refractivity contribution in [3.63, 3.8) is 0 Å². The van der Waals surface area contributed by atoms with Crippen LogP contribution in [0.5, 0.6) is 0 Å². The minimum atomic E-state index is -3.62. The zero-order valence-corrected chi connectivity index (χ0v) is 19.4. The number of aromatic nitrogens is 2. The molecule has 0 atom stereocenters. The van der Waals surface area contributed by atoms with Gasteiger partial charge in [0.05, 0.1) is 10.6 Å². The first-order valence-corrected chi connectivity index (χ1v) is 12.5. The van der Waals surface area contributed by atoms with Crippen molar-refractivity contribution in [2.75, 3.05) is 22.7 Å². The monoisotopic (exact) mass is 534 g/mol. The zero-order valence-electron chi connectivity index (χ0n) is 16.5. The van der Waals surface area contributed by atoms with Gasteiger partial charge in [-0.25, -0.2) is 8.42 Å². The van der Waals surface area contributed by atoms with Crippen molar-refractivity contribution in [1.82, 2.24) is 10.2 Å². The van der Waals surface area contributed by atoms with Crippen LogP contribution >= 0.6 is 22.6 Å².